The van der Waals surface area contributed by atoms with Crippen molar-refractivity contribution in [1.82, 2.24) is 15.4 Å². The van der Waals surface area contributed by atoms with Crippen LogP contribution >= 0.6 is 0 Å². The maximum Gasteiger partial charge on any atom is 0.274 e. The third kappa shape index (κ3) is 2.67. The number of carbonyl (C=O) groups is 1. The SMILES string of the molecule is O=C(NO)c1ccc2c(=O)[nH]c(C3CCCCC3)nc2c1. The molecule has 1 aliphatic carbocycles. The second-order valence-electron chi connectivity index (χ2n) is 5.46. The number of aromatic amines is 1. The molecule has 1 saturated carbocycles. The van der Waals surface area contributed by atoms with E-state index in [4.69, 9.17) is 5.21 Å². The summed E-state index contributed by atoms with van der Waals surface area (Å²) in [7, 11) is 0. The van der Waals surface area contributed by atoms with E-state index in [1.165, 1.54) is 18.6 Å². The molecule has 3 N–H and O–H groups in total. The Kier molecular flexibility index (Phi) is 3.70. The summed E-state index contributed by atoms with van der Waals surface area (Å²) in [4.78, 5) is 31.0. The molecule has 1 aromatic carbocycles. The van der Waals surface area contributed by atoms with Gasteiger partial charge in [-0.3, -0.25) is 14.8 Å². The fourth-order valence-corrected chi connectivity index (χ4v) is 2.93. The average Bonchev–Trinajstić information content (AvgIpc) is 2.54. The highest BCUT2D eigenvalue weighted by atomic mass is 16.5. The third-order valence-electron chi connectivity index (χ3n) is 4.08. The van der Waals surface area contributed by atoms with Gasteiger partial charge in [0.05, 0.1) is 10.9 Å². The van der Waals surface area contributed by atoms with Crippen molar-refractivity contribution in [2.45, 2.75) is 38.0 Å². The van der Waals surface area contributed by atoms with E-state index in [-0.39, 0.29) is 17.0 Å². The Morgan fingerprint density at radius 2 is 2.05 bits per heavy atom. The van der Waals surface area contributed by atoms with Crippen LogP contribution in [0.2, 0.25) is 0 Å². The van der Waals surface area contributed by atoms with Crippen LogP contribution < -0.4 is 11.0 Å². The highest BCUT2D eigenvalue weighted by Gasteiger charge is 2.19. The maximum atomic E-state index is 12.1. The molecular weight excluding hydrogens is 270 g/mol. The number of rotatable bonds is 2. The van der Waals surface area contributed by atoms with Crippen molar-refractivity contribution in [2.75, 3.05) is 0 Å². The summed E-state index contributed by atoms with van der Waals surface area (Å²) in [6, 6.07) is 4.57. The Bertz CT molecular complexity index is 733. The lowest BCUT2D eigenvalue weighted by atomic mass is 9.88. The molecule has 1 aliphatic rings. The zero-order valence-electron chi connectivity index (χ0n) is 11.6. The first-order chi connectivity index (χ1) is 10.2. The van der Waals surface area contributed by atoms with Crippen molar-refractivity contribution in [3.8, 4) is 0 Å². The topological polar surface area (TPSA) is 95.1 Å². The number of benzene rings is 1. The van der Waals surface area contributed by atoms with Crippen molar-refractivity contribution in [1.29, 1.82) is 0 Å². The van der Waals surface area contributed by atoms with E-state index in [1.54, 1.807) is 11.5 Å². The fraction of sp³-hybridized carbons (Fsp3) is 0.400. The molecule has 0 spiro atoms. The Balaban J connectivity index is 2.07. The van der Waals surface area contributed by atoms with Crippen LogP contribution in [0.1, 0.15) is 54.2 Å². The lowest BCUT2D eigenvalue weighted by Crippen LogP contribution is -2.20. The number of amides is 1. The first kappa shape index (κ1) is 13.8. The van der Waals surface area contributed by atoms with Crippen molar-refractivity contribution in [3.05, 3.63) is 39.9 Å². The fourth-order valence-electron chi connectivity index (χ4n) is 2.93. The summed E-state index contributed by atoms with van der Waals surface area (Å²) in [5.41, 5.74) is 2.16. The van der Waals surface area contributed by atoms with Crippen LogP contribution in [0.25, 0.3) is 10.9 Å². The van der Waals surface area contributed by atoms with Gasteiger partial charge in [0.15, 0.2) is 0 Å². The van der Waals surface area contributed by atoms with Gasteiger partial charge in [0.25, 0.3) is 11.5 Å². The zero-order chi connectivity index (χ0) is 14.8. The number of H-pyrrole nitrogens is 1. The van der Waals surface area contributed by atoms with E-state index in [0.717, 1.165) is 25.7 Å². The van der Waals surface area contributed by atoms with Crippen molar-refractivity contribution < 1.29 is 10.0 Å². The first-order valence-electron chi connectivity index (χ1n) is 7.17. The van der Waals surface area contributed by atoms with Crippen LogP contribution in [0.5, 0.6) is 0 Å². The minimum absolute atomic E-state index is 0.184. The molecule has 0 saturated heterocycles. The molecule has 6 heteroatoms. The van der Waals surface area contributed by atoms with E-state index in [2.05, 4.69) is 9.97 Å². The molecule has 0 atom stereocenters. The number of carbonyl (C=O) groups excluding carboxylic acids is 1. The molecule has 3 rings (SSSR count). The summed E-state index contributed by atoms with van der Waals surface area (Å²) < 4.78 is 0. The molecule has 1 amide bonds. The minimum Gasteiger partial charge on any atom is -0.310 e. The number of hydrogen-bond donors (Lipinski definition) is 3. The standard InChI is InChI=1S/C15H17N3O3/c19-14(18-21)10-6-7-11-12(8-10)16-13(17-15(11)20)9-4-2-1-3-5-9/h6-9,21H,1-5H2,(H,18,19)(H,16,17,20). The number of aromatic nitrogens is 2. The lowest BCUT2D eigenvalue weighted by molar-refractivity contribution is 0.0706. The normalized spacial score (nSPS) is 16.0. The lowest BCUT2D eigenvalue weighted by Gasteiger charge is -2.20. The predicted molar refractivity (Wildman–Crippen MR) is 77.4 cm³/mol. The molecule has 110 valence electrons. The van der Waals surface area contributed by atoms with Crippen LogP contribution in [0, 0.1) is 0 Å². The molecule has 0 radical (unpaired) electrons. The van der Waals surface area contributed by atoms with E-state index in [9.17, 15) is 9.59 Å². The summed E-state index contributed by atoms with van der Waals surface area (Å²) in [5.74, 6) is 0.373. The van der Waals surface area contributed by atoms with E-state index < -0.39 is 5.91 Å². The third-order valence-corrected chi connectivity index (χ3v) is 4.08. The second kappa shape index (κ2) is 5.65. The van der Waals surface area contributed by atoms with Gasteiger partial charge in [-0.25, -0.2) is 10.5 Å². The number of nitrogens with zero attached hydrogens (tertiary/aromatic N) is 1. The Morgan fingerprint density at radius 3 is 2.76 bits per heavy atom. The van der Waals surface area contributed by atoms with Crippen molar-refractivity contribution in [3.63, 3.8) is 0 Å². The maximum absolute atomic E-state index is 12.1. The molecule has 21 heavy (non-hydrogen) atoms. The van der Waals surface area contributed by atoms with Crippen LogP contribution in [0.15, 0.2) is 23.0 Å². The molecule has 0 bridgehead atoms. The Labute approximate surface area is 121 Å². The summed E-state index contributed by atoms with van der Waals surface area (Å²) in [6.07, 6.45) is 5.60. The molecule has 1 aromatic heterocycles. The predicted octanol–water partition coefficient (Wildman–Crippen LogP) is 2.09. The highest BCUT2D eigenvalue weighted by molar-refractivity contribution is 5.96. The van der Waals surface area contributed by atoms with Gasteiger partial charge in [0.2, 0.25) is 0 Å². The smallest absolute Gasteiger partial charge is 0.274 e. The molecule has 1 heterocycles. The zero-order valence-corrected chi connectivity index (χ0v) is 11.6. The summed E-state index contributed by atoms with van der Waals surface area (Å²) >= 11 is 0. The van der Waals surface area contributed by atoms with Gasteiger partial charge in [0.1, 0.15) is 5.82 Å². The van der Waals surface area contributed by atoms with Gasteiger partial charge in [0, 0.05) is 11.5 Å². The van der Waals surface area contributed by atoms with Crippen LogP contribution in [0.3, 0.4) is 0 Å². The average molecular weight is 287 g/mol. The van der Waals surface area contributed by atoms with Gasteiger partial charge >= 0.3 is 0 Å². The van der Waals surface area contributed by atoms with Crippen LogP contribution in [0.4, 0.5) is 0 Å². The van der Waals surface area contributed by atoms with Crippen molar-refractivity contribution >= 4 is 16.8 Å². The molecule has 6 nitrogen and oxygen atoms in total. The monoisotopic (exact) mass is 287 g/mol. The molecule has 1 fully saturated rings. The molecule has 0 unspecified atom stereocenters. The highest BCUT2D eigenvalue weighted by Crippen LogP contribution is 2.30. The van der Waals surface area contributed by atoms with Gasteiger partial charge in [-0.1, -0.05) is 19.3 Å². The Hall–Kier alpha value is -2.21. The number of hydrogen-bond acceptors (Lipinski definition) is 4. The number of hydroxylamine groups is 1. The second-order valence-corrected chi connectivity index (χ2v) is 5.46. The number of fused-ring (bicyclic) bond motifs is 1. The minimum atomic E-state index is -0.613. The largest absolute Gasteiger partial charge is 0.310 e. The van der Waals surface area contributed by atoms with Crippen LogP contribution in [-0.2, 0) is 0 Å². The molecule has 2 aromatic rings. The summed E-state index contributed by atoms with van der Waals surface area (Å²) in [5, 5.41) is 9.13. The van der Waals surface area contributed by atoms with Crippen LogP contribution in [-0.4, -0.2) is 21.1 Å². The molecular formula is C15H17N3O3. The number of nitrogens with one attached hydrogen (secondary N) is 2. The van der Waals surface area contributed by atoms with E-state index >= 15 is 0 Å². The van der Waals surface area contributed by atoms with Gasteiger partial charge in [-0.2, -0.15) is 0 Å². The van der Waals surface area contributed by atoms with Gasteiger partial charge in [-0.15, -0.1) is 0 Å². The quantitative estimate of drug-likeness (QED) is 0.582. The van der Waals surface area contributed by atoms with Gasteiger partial charge in [-0.05, 0) is 31.0 Å². The molecule has 0 aliphatic heterocycles. The van der Waals surface area contributed by atoms with Crippen molar-refractivity contribution in [2.24, 2.45) is 0 Å². The van der Waals surface area contributed by atoms with E-state index in [1.807, 2.05) is 0 Å². The van der Waals surface area contributed by atoms with E-state index in [0.29, 0.717) is 16.7 Å². The first-order valence-corrected chi connectivity index (χ1v) is 7.17. The Morgan fingerprint density at radius 1 is 1.29 bits per heavy atom. The summed E-state index contributed by atoms with van der Waals surface area (Å²) in [6.45, 7) is 0. The van der Waals surface area contributed by atoms with Gasteiger partial charge < -0.3 is 4.98 Å².